The zero-order valence-electron chi connectivity index (χ0n) is 11.6. The lowest BCUT2D eigenvalue weighted by molar-refractivity contribution is 0.0951. The molecule has 0 aliphatic carbocycles. The van der Waals surface area contributed by atoms with Crippen molar-refractivity contribution in [1.29, 1.82) is 0 Å². The minimum absolute atomic E-state index is 0.156. The van der Waals surface area contributed by atoms with Crippen molar-refractivity contribution >= 4 is 17.2 Å². The molecule has 0 bridgehead atoms. The topological polar surface area (TPSA) is 60.5 Å². The van der Waals surface area contributed by atoms with Gasteiger partial charge in [-0.15, -0.1) is 11.3 Å². The number of thiazole rings is 1. The van der Waals surface area contributed by atoms with Gasteiger partial charge in [-0.05, 0) is 25.1 Å². The smallest absolute Gasteiger partial charge is 0.251 e. The number of methoxy groups -OCH3 is 2. The van der Waals surface area contributed by atoms with Crippen LogP contribution in [0.5, 0.6) is 11.5 Å². The zero-order valence-corrected chi connectivity index (χ0v) is 12.4. The van der Waals surface area contributed by atoms with Gasteiger partial charge in [0.25, 0.3) is 5.91 Å². The molecule has 1 aromatic carbocycles. The number of hydrogen-bond donors (Lipinski definition) is 1. The average molecular weight is 292 g/mol. The number of aryl methyl sites for hydroxylation is 1. The van der Waals surface area contributed by atoms with Crippen molar-refractivity contribution in [2.24, 2.45) is 0 Å². The second kappa shape index (κ2) is 6.38. The maximum Gasteiger partial charge on any atom is 0.251 e. The van der Waals surface area contributed by atoms with Crippen LogP contribution in [0.25, 0.3) is 0 Å². The number of benzene rings is 1. The Morgan fingerprint density at radius 3 is 2.65 bits per heavy atom. The Morgan fingerprint density at radius 2 is 2.05 bits per heavy atom. The third kappa shape index (κ3) is 3.27. The fraction of sp³-hybridized carbons (Fsp3) is 0.286. The van der Waals surface area contributed by atoms with Crippen LogP contribution in [-0.4, -0.2) is 25.1 Å². The van der Waals surface area contributed by atoms with Gasteiger partial charge in [0.05, 0.1) is 25.8 Å². The van der Waals surface area contributed by atoms with E-state index >= 15 is 0 Å². The Labute approximate surface area is 121 Å². The van der Waals surface area contributed by atoms with Crippen LogP contribution in [0.15, 0.2) is 24.4 Å². The standard InChI is InChI=1S/C14H16N2O3S/c1-9-15-7-11(20-9)8-16-14(17)10-4-5-12(18-2)13(6-10)19-3/h4-7H,8H2,1-3H3,(H,16,17). The van der Waals surface area contributed by atoms with Gasteiger partial charge < -0.3 is 14.8 Å². The summed E-state index contributed by atoms with van der Waals surface area (Å²) < 4.78 is 10.3. The Kier molecular flexibility index (Phi) is 4.57. The first-order valence-electron chi connectivity index (χ1n) is 6.05. The predicted molar refractivity (Wildman–Crippen MR) is 77.6 cm³/mol. The fourth-order valence-corrected chi connectivity index (χ4v) is 2.47. The molecular weight excluding hydrogens is 276 g/mol. The van der Waals surface area contributed by atoms with Crippen molar-refractivity contribution in [1.82, 2.24) is 10.3 Å². The highest BCUT2D eigenvalue weighted by Gasteiger charge is 2.10. The van der Waals surface area contributed by atoms with E-state index in [-0.39, 0.29) is 5.91 Å². The van der Waals surface area contributed by atoms with E-state index in [0.29, 0.717) is 23.6 Å². The van der Waals surface area contributed by atoms with E-state index in [0.717, 1.165) is 9.88 Å². The van der Waals surface area contributed by atoms with Crippen LogP contribution in [0.3, 0.4) is 0 Å². The number of nitrogens with one attached hydrogen (secondary N) is 1. The molecule has 0 aliphatic rings. The summed E-state index contributed by atoms with van der Waals surface area (Å²) in [5, 5.41) is 3.84. The van der Waals surface area contributed by atoms with Gasteiger partial charge in [0.2, 0.25) is 0 Å². The molecule has 1 heterocycles. The Morgan fingerprint density at radius 1 is 1.30 bits per heavy atom. The van der Waals surface area contributed by atoms with Crippen molar-refractivity contribution in [2.45, 2.75) is 13.5 Å². The number of ether oxygens (including phenoxy) is 2. The maximum atomic E-state index is 12.1. The number of rotatable bonds is 5. The third-order valence-electron chi connectivity index (χ3n) is 2.74. The third-order valence-corrected chi connectivity index (χ3v) is 3.65. The molecule has 0 aliphatic heterocycles. The van der Waals surface area contributed by atoms with Crippen LogP contribution in [0.2, 0.25) is 0 Å². The van der Waals surface area contributed by atoms with E-state index in [2.05, 4.69) is 10.3 Å². The summed E-state index contributed by atoms with van der Waals surface area (Å²) in [6, 6.07) is 5.07. The van der Waals surface area contributed by atoms with Crippen molar-refractivity contribution < 1.29 is 14.3 Å². The molecule has 0 fully saturated rings. The van der Waals surface area contributed by atoms with E-state index in [4.69, 9.17) is 9.47 Å². The van der Waals surface area contributed by atoms with E-state index in [1.807, 2.05) is 6.92 Å². The Balaban J connectivity index is 2.05. The molecule has 2 aromatic rings. The molecule has 0 atom stereocenters. The van der Waals surface area contributed by atoms with Gasteiger partial charge in [0.15, 0.2) is 11.5 Å². The maximum absolute atomic E-state index is 12.1. The molecule has 2 rings (SSSR count). The summed E-state index contributed by atoms with van der Waals surface area (Å²) in [4.78, 5) is 17.2. The number of hydrogen-bond acceptors (Lipinski definition) is 5. The number of carbonyl (C=O) groups excluding carboxylic acids is 1. The van der Waals surface area contributed by atoms with Crippen LogP contribution in [0.4, 0.5) is 0 Å². The van der Waals surface area contributed by atoms with Gasteiger partial charge >= 0.3 is 0 Å². The van der Waals surface area contributed by atoms with Crippen molar-refractivity contribution in [3.8, 4) is 11.5 Å². The highest BCUT2D eigenvalue weighted by molar-refractivity contribution is 7.11. The van der Waals surface area contributed by atoms with Crippen molar-refractivity contribution in [3.05, 3.63) is 39.8 Å². The Hall–Kier alpha value is -2.08. The van der Waals surface area contributed by atoms with Crippen molar-refractivity contribution in [2.75, 3.05) is 14.2 Å². The highest BCUT2D eigenvalue weighted by atomic mass is 32.1. The highest BCUT2D eigenvalue weighted by Crippen LogP contribution is 2.27. The van der Waals surface area contributed by atoms with E-state index in [9.17, 15) is 4.79 Å². The van der Waals surface area contributed by atoms with E-state index < -0.39 is 0 Å². The van der Waals surface area contributed by atoms with Crippen LogP contribution in [0.1, 0.15) is 20.2 Å². The number of amides is 1. The lowest BCUT2D eigenvalue weighted by Gasteiger charge is -2.09. The molecular formula is C14H16N2O3S. The summed E-state index contributed by atoms with van der Waals surface area (Å²) >= 11 is 1.57. The minimum Gasteiger partial charge on any atom is -0.493 e. The zero-order chi connectivity index (χ0) is 14.5. The fourth-order valence-electron chi connectivity index (χ4n) is 1.73. The van der Waals surface area contributed by atoms with Gasteiger partial charge in [-0.1, -0.05) is 0 Å². The monoisotopic (exact) mass is 292 g/mol. The molecule has 0 unspecified atom stereocenters. The molecule has 1 amide bonds. The second-order valence-electron chi connectivity index (χ2n) is 4.10. The molecule has 106 valence electrons. The number of carbonyl (C=O) groups is 1. The molecule has 0 saturated heterocycles. The summed E-state index contributed by atoms with van der Waals surface area (Å²) in [5.74, 6) is 0.980. The lowest BCUT2D eigenvalue weighted by atomic mass is 10.2. The van der Waals surface area contributed by atoms with Crippen molar-refractivity contribution in [3.63, 3.8) is 0 Å². The minimum atomic E-state index is -0.156. The van der Waals surface area contributed by atoms with E-state index in [1.165, 1.54) is 0 Å². The van der Waals surface area contributed by atoms with Gasteiger partial charge in [0, 0.05) is 16.6 Å². The molecule has 1 aromatic heterocycles. The quantitative estimate of drug-likeness (QED) is 0.919. The van der Waals surface area contributed by atoms with Gasteiger partial charge in [0.1, 0.15) is 0 Å². The summed E-state index contributed by atoms with van der Waals surface area (Å²) in [5.41, 5.74) is 0.531. The van der Waals surface area contributed by atoms with E-state index in [1.54, 1.807) is 50.0 Å². The van der Waals surface area contributed by atoms with Gasteiger partial charge in [-0.2, -0.15) is 0 Å². The summed E-state index contributed by atoms with van der Waals surface area (Å²) in [7, 11) is 3.10. The lowest BCUT2D eigenvalue weighted by Crippen LogP contribution is -2.22. The summed E-state index contributed by atoms with van der Waals surface area (Å²) in [6.07, 6.45) is 1.77. The van der Waals surface area contributed by atoms with Crippen LogP contribution in [0, 0.1) is 6.92 Å². The average Bonchev–Trinajstić information content (AvgIpc) is 2.89. The molecule has 0 saturated carbocycles. The first-order chi connectivity index (χ1) is 9.63. The van der Waals surface area contributed by atoms with Crippen LogP contribution >= 0.6 is 11.3 Å². The SMILES string of the molecule is COc1ccc(C(=O)NCc2cnc(C)s2)cc1OC. The van der Waals surface area contributed by atoms with Crippen LogP contribution in [-0.2, 0) is 6.54 Å². The first kappa shape index (κ1) is 14.3. The molecule has 1 N–H and O–H groups in total. The summed E-state index contributed by atoms with van der Waals surface area (Å²) in [6.45, 7) is 2.41. The largest absolute Gasteiger partial charge is 0.493 e. The molecule has 6 heteroatoms. The van der Waals surface area contributed by atoms with Crippen LogP contribution < -0.4 is 14.8 Å². The predicted octanol–water partition coefficient (Wildman–Crippen LogP) is 2.40. The number of aromatic nitrogens is 1. The van der Waals surface area contributed by atoms with Gasteiger partial charge in [-0.25, -0.2) is 4.98 Å². The molecule has 0 spiro atoms. The normalized spacial score (nSPS) is 10.2. The Bertz CT molecular complexity index is 610. The molecule has 5 nitrogen and oxygen atoms in total. The number of nitrogens with zero attached hydrogens (tertiary/aromatic N) is 1. The second-order valence-corrected chi connectivity index (χ2v) is 5.42. The first-order valence-corrected chi connectivity index (χ1v) is 6.87. The van der Waals surface area contributed by atoms with Gasteiger partial charge in [-0.3, -0.25) is 4.79 Å². The molecule has 20 heavy (non-hydrogen) atoms. The molecule has 0 radical (unpaired) electrons.